The third kappa shape index (κ3) is 3.86. The largest absolute Gasteiger partial charge is 0.369 e. The third-order valence-electron chi connectivity index (χ3n) is 6.13. The Bertz CT molecular complexity index is 1270. The quantitative estimate of drug-likeness (QED) is 0.556. The van der Waals surface area contributed by atoms with Crippen molar-refractivity contribution < 1.29 is 0 Å². The van der Waals surface area contributed by atoms with Crippen molar-refractivity contribution in [3.8, 4) is 11.4 Å². The normalized spacial score (nSPS) is 15.0. The molecule has 3 heterocycles. The van der Waals surface area contributed by atoms with Crippen molar-refractivity contribution in [3.05, 3.63) is 82.3 Å². The molecule has 0 unspecified atom stereocenters. The number of aromatic nitrogens is 3. The molecule has 1 saturated heterocycles. The lowest BCUT2D eigenvalue weighted by molar-refractivity contribution is 0.313. The molecule has 0 atom stereocenters. The van der Waals surface area contributed by atoms with Crippen LogP contribution in [0.25, 0.3) is 22.4 Å². The predicted octanol–water partition coefficient (Wildman–Crippen LogP) is 3.50. The fourth-order valence-corrected chi connectivity index (χ4v) is 4.25. The number of imidazole rings is 1. The van der Waals surface area contributed by atoms with Crippen LogP contribution in [0.4, 0.5) is 5.69 Å². The van der Waals surface area contributed by atoms with Crippen LogP contribution in [0.1, 0.15) is 11.1 Å². The first-order valence-electron chi connectivity index (χ1n) is 10.8. The maximum Gasteiger partial charge on any atom is 0.250 e. The van der Waals surface area contributed by atoms with Crippen molar-refractivity contribution in [2.75, 3.05) is 38.1 Å². The minimum absolute atomic E-state index is 0.0631. The van der Waals surface area contributed by atoms with Gasteiger partial charge in [0.25, 0.3) is 5.56 Å². The van der Waals surface area contributed by atoms with E-state index in [0.717, 1.165) is 55.1 Å². The number of fused-ring (bicyclic) bond motifs is 1. The van der Waals surface area contributed by atoms with Gasteiger partial charge < -0.3 is 19.4 Å². The number of hydrogen-bond acceptors (Lipinski definition) is 4. The van der Waals surface area contributed by atoms with E-state index in [2.05, 4.69) is 68.9 Å². The second-order valence-corrected chi connectivity index (χ2v) is 8.37. The fraction of sp³-hybridized carbons (Fsp3) is 0.280. The van der Waals surface area contributed by atoms with Gasteiger partial charge in [-0.3, -0.25) is 4.79 Å². The van der Waals surface area contributed by atoms with Gasteiger partial charge in [-0.05, 0) is 43.8 Å². The average molecular weight is 414 g/mol. The van der Waals surface area contributed by atoms with Gasteiger partial charge in [-0.25, -0.2) is 4.98 Å². The van der Waals surface area contributed by atoms with E-state index in [-0.39, 0.29) is 5.56 Å². The Kier molecular flexibility index (Phi) is 5.08. The van der Waals surface area contributed by atoms with E-state index in [9.17, 15) is 4.79 Å². The van der Waals surface area contributed by atoms with Crippen molar-refractivity contribution in [2.45, 2.75) is 13.5 Å². The number of anilines is 1. The van der Waals surface area contributed by atoms with Gasteiger partial charge in [0, 0.05) is 55.7 Å². The number of hydrogen-bond donors (Lipinski definition) is 1. The highest BCUT2D eigenvalue weighted by molar-refractivity contribution is 5.84. The number of likely N-dealkylation sites (N-methyl/N-ethyl adjacent to an activating group) is 1. The lowest BCUT2D eigenvalue weighted by Crippen LogP contribution is -2.44. The molecule has 0 saturated carbocycles. The molecule has 1 aliphatic rings. The Hall–Kier alpha value is -3.38. The molecule has 4 aromatic rings. The van der Waals surface area contributed by atoms with Gasteiger partial charge in [0.05, 0.1) is 11.0 Å². The maximum atomic E-state index is 11.9. The van der Waals surface area contributed by atoms with Crippen molar-refractivity contribution >= 4 is 16.7 Å². The van der Waals surface area contributed by atoms with Gasteiger partial charge in [0.15, 0.2) is 0 Å². The molecule has 158 valence electrons. The number of pyridine rings is 1. The van der Waals surface area contributed by atoms with Crippen LogP contribution < -0.4 is 10.5 Å². The Labute approximate surface area is 181 Å². The molecule has 5 rings (SSSR count). The van der Waals surface area contributed by atoms with E-state index in [1.807, 2.05) is 19.1 Å². The second kappa shape index (κ2) is 8.04. The molecule has 0 aliphatic carbocycles. The Morgan fingerprint density at radius 2 is 1.77 bits per heavy atom. The highest BCUT2D eigenvalue weighted by Gasteiger charge is 2.18. The number of nitrogens with one attached hydrogen (secondary N) is 1. The maximum absolute atomic E-state index is 11.9. The number of piperazine rings is 1. The SMILES string of the molecule is Cc1cc(-c2nc3ccc(N4CCN(C)CC4)cc3n2Cc2ccccc2)c[nH]c1=O. The number of rotatable bonds is 4. The van der Waals surface area contributed by atoms with Crippen LogP contribution in [0.3, 0.4) is 0 Å². The topological polar surface area (TPSA) is 57.2 Å². The van der Waals surface area contributed by atoms with E-state index >= 15 is 0 Å². The number of H-pyrrole nitrogens is 1. The zero-order chi connectivity index (χ0) is 21.4. The fourth-order valence-electron chi connectivity index (χ4n) is 4.25. The summed E-state index contributed by atoms with van der Waals surface area (Å²) in [7, 11) is 2.17. The summed E-state index contributed by atoms with van der Waals surface area (Å²) in [5.74, 6) is 0.869. The van der Waals surface area contributed by atoms with Crippen molar-refractivity contribution in [1.82, 2.24) is 19.4 Å². The van der Waals surface area contributed by atoms with Gasteiger partial charge >= 0.3 is 0 Å². The third-order valence-corrected chi connectivity index (χ3v) is 6.13. The molecule has 1 fully saturated rings. The highest BCUT2D eigenvalue weighted by Crippen LogP contribution is 2.29. The molecule has 31 heavy (non-hydrogen) atoms. The molecule has 6 heteroatoms. The molecule has 0 amide bonds. The molecular weight excluding hydrogens is 386 g/mol. The number of benzene rings is 2. The second-order valence-electron chi connectivity index (χ2n) is 8.37. The molecular formula is C25H27N5O. The van der Waals surface area contributed by atoms with Gasteiger partial charge in [-0.2, -0.15) is 0 Å². The van der Waals surface area contributed by atoms with Crippen LogP contribution in [0.5, 0.6) is 0 Å². The summed E-state index contributed by atoms with van der Waals surface area (Å²) in [6.45, 7) is 6.75. The summed E-state index contributed by atoms with van der Waals surface area (Å²) in [6.07, 6.45) is 1.76. The van der Waals surface area contributed by atoms with Gasteiger partial charge in [0.2, 0.25) is 0 Å². The first-order valence-corrected chi connectivity index (χ1v) is 10.8. The predicted molar refractivity (Wildman–Crippen MR) is 126 cm³/mol. The number of aromatic amines is 1. The molecule has 2 aromatic heterocycles. The van der Waals surface area contributed by atoms with Crippen LogP contribution in [-0.4, -0.2) is 52.7 Å². The Morgan fingerprint density at radius 1 is 1.00 bits per heavy atom. The van der Waals surface area contributed by atoms with Gasteiger partial charge in [0.1, 0.15) is 5.82 Å². The average Bonchev–Trinajstić information content (AvgIpc) is 3.14. The lowest BCUT2D eigenvalue weighted by atomic mass is 10.2. The van der Waals surface area contributed by atoms with E-state index < -0.39 is 0 Å². The monoisotopic (exact) mass is 413 g/mol. The molecule has 1 N–H and O–H groups in total. The minimum atomic E-state index is -0.0631. The van der Waals surface area contributed by atoms with Crippen molar-refractivity contribution in [1.29, 1.82) is 0 Å². The Morgan fingerprint density at radius 3 is 2.52 bits per heavy atom. The van der Waals surface area contributed by atoms with Crippen LogP contribution in [0.15, 0.2) is 65.6 Å². The van der Waals surface area contributed by atoms with Crippen molar-refractivity contribution in [3.63, 3.8) is 0 Å². The van der Waals surface area contributed by atoms with Gasteiger partial charge in [-0.1, -0.05) is 30.3 Å². The first-order chi connectivity index (χ1) is 15.1. The summed E-state index contributed by atoms with van der Waals surface area (Å²) in [5, 5.41) is 0. The molecule has 6 nitrogen and oxygen atoms in total. The van der Waals surface area contributed by atoms with Crippen molar-refractivity contribution in [2.24, 2.45) is 0 Å². The summed E-state index contributed by atoms with van der Waals surface area (Å²) >= 11 is 0. The highest BCUT2D eigenvalue weighted by atomic mass is 16.1. The molecule has 0 bridgehead atoms. The smallest absolute Gasteiger partial charge is 0.250 e. The van der Waals surface area contributed by atoms with E-state index in [4.69, 9.17) is 4.98 Å². The summed E-state index contributed by atoms with van der Waals surface area (Å²) in [4.78, 5) is 24.5. The van der Waals surface area contributed by atoms with Crippen LogP contribution in [0, 0.1) is 6.92 Å². The Balaban J connectivity index is 1.64. The minimum Gasteiger partial charge on any atom is -0.369 e. The standard InChI is InChI=1S/C25H27N5O/c1-18-14-20(16-26-25(18)31)24-27-22-9-8-21(29-12-10-28(2)11-13-29)15-23(22)30(24)17-19-6-4-3-5-7-19/h3-9,14-16H,10-13,17H2,1-2H3,(H,26,31). The van der Waals surface area contributed by atoms with Gasteiger partial charge in [-0.15, -0.1) is 0 Å². The molecule has 1 aliphatic heterocycles. The zero-order valence-corrected chi connectivity index (χ0v) is 18.0. The number of nitrogens with zero attached hydrogens (tertiary/aromatic N) is 4. The summed E-state index contributed by atoms with van der Waals surface area (Å²) in [5.41, 5.74) is 6.08. The summed E-state index contributed by atoms with van der Waals surface area (Å²) < 4.78 is 2.26. The van der Waals surface area contributed by atoms with Crippen LogP contribution >= 0.6 is 0 Å². The molecule has 0 spiro atoms. The van der Waals surface area contributed by atoms with E-state index in [1.165, 1.54) is 11.3 Å². The van der Waals surface area contributed by atoms with Crippen LogP contribution in [-0.2, 0) is 6.54 Å². The first kappa shape index (κ1) is 19.6. The lowest BCUT2D eigenvalue weighted by Gasteiger charge is -2.34. The molecule has 2 aromatic carbocycles. The number of aryl methyl sites for hydroxylation is 1. The summed E-state index contributed by atoms with van der Waals surface area (Å²) in [6, 6.07) is 18.9. The van der Waals surface area contributed by atoms with E-state index in [0.29, 0.717) is 5.56 Å². The molecule has 0 radical (unpaired) electrons. The van der Waals surface area contributed by atoms with Crippen LogP contribution in [0.2, 0.25) is 0 Å². The zero-order valence-electron chi connectivity index (χ0n) is 18.0. The van der Waals surface area contributed by atoms with E-state index in [1.54, 1.807) is 6.20 Å².